The van der Waals surface area contributed by atoms with Crippen LogP contribution in [0.25, 0.3) is 0 Å². The van der Waals surface area contributed by atoms with Gasteiger partial charge in [-0.1, -0.05) is 23.7 Å². The van der Waals surface area contributed by atoms with E-state index in [1.165, 1.54) is 12.1 Å². The van der Waals surface area contributed by atoms with Crippen molar-refractivity contribution in [2.45, 2.75) is 12.6 Å². The predicted molar refractivity (Wildman–Crippen MR) is 83.1 cm³/mol. The topological polar surface area (TPSA) is 33.1 Å². The molecular weight excluding hydrogens is 291 g/mol. The van der Waals surface area contributed by atoms with Gasteiger partial charge in [0, 0.05) is 6.54 Å². The molecule has 1 aromatic carbocycles. The molecule has 1 aromatic heterocycles. The van der Waals surface area contributed by atoms with Crippen molar-refractivity contribution in [1.29, 1.82) is 0 Å². The van der Waals surface area contributed by atoms with Gasteiger partial charge in [0.05, 0.1) is 29.5 Å². The fraction of sp³-hybridized carbons (Fsp3) is 0.400. The lowest BCUT2D eigenvalue weighted by Gasteiger charge is -2.20. The summed E-state index contributed by atoms with van der Waals surface area (Å²) >= 11 is 6.30. The lowest BCUT2D eigenvalue weighted by atomic mass is 10.0. The summed E-state index contributed by atoms with van der Waals surface area (Å²) in [5.74, 6) is -0.249. The monoisotopic (exact) mass is 310 g/mol. The molecule has 1 N–H and O–H groups in total. The summed E-state index contributed by atoms with van der Waals surface area (Å²) in [5.41, 5.74) is 1.85. The zero-order valence-corrected chi connectivity index (χ0v) is 13.2. The zero-order valence-electron chi connectivity index (χ0n) is 12.5. The highest BCUT2D eigenvalue weighted by Gasteiger charge is 2.20. The van der Waals surface area contributed by atoms with Crippen LogP contribution in [0.2, 0.25) is 5.02 Å². The Bertz CT molecular complexity index is 580. The molecule has 6 heteroatoms. The van der Waals surface area contributed by atoms with Crippen LogP contribution in [0.4, 0.5) is 4.39 Å². The second kappa shape index (κ2) is 7.02. The van der Waals surface area contributed by atoms with Crippen LogP contribution in [0.3, 0.4) is 0 Å². The molecule has 114 valence electrons. The van der Waals surface area contributed by atoms with Crippen LogP contribution in [0.5, 0.6) is 0 Å². The summed E-state index contributed by atoms with van der Waals surface area (Å²) in [6, 6.07) is 6.30. The first-order valence-corrected chi connectivity index (χ1v) is 7.19. The van der Waals surface area contributed by atoms with Crippen molar-refractivity contribution in [2.24, 2.45) is 0 Å². The van der Waals surface area contributed by atoms with Gasteiger partial charge in [0.25, 0.3) is 0 Å². The van der Waals surface area contributed by atoms with Crippen molar-refractivity contribution >= 4 is 11.6 Å². The van der Waals surface area contributed by atoms with Crippen LogP contribution in [-0.2, 0) is 6.54 Å². The zero-order chi connectivity index (χ0) is 15.4. The van der Waals surface area contributed by atoms with E-state index in [-0.39, 0.29) is 11.9 Å². The Morgan fingerprint density at radius 3 is 2.57 bits per heavy atom. The number of benzene rings is 1. The van der Waals surface area contributed by atoms with E-state index in [1.54, 1.807) is 18.3 Å². The van der Waals surface area contributed by atoms with Gasteiger partial charge in [-0.2, -0.15) is 5.10 Å². The SMILES string of the molecule is CNC(c1ccc(F)cc1)c1c(Cl)cnn1CCN(C)C. The Morgan fingerprint density at radius 1 is 1.33 bits per heavy atom. The van der Waals surface area contributed by atoms with Gasteiger partial charge in [0.1, 0.15) is 5.82 Å². The van der Waals surface area contributed by atoms with Crippen LogP contribution in [0.15, 0.2) is 30.5 Å². The molecular formula is C15H20ClFN4. The third-order valence-corrected chi connectivity index (χ3v) is 3.65. The minimum absolute atomic E-state index is 0.122. The third kappa shape index (κ3) is 3.81. The molecule has 0 aliphatic heterocycles. The fourth-order valence-electron chi connectivity index (χ4n) is 2.25. The lowest BCUT2D eigenvalue weighted by Crippen LogP contribution is -2.25. The maximum Gasteiger partial charge on any atom is 0.123 e. The highest BCUT2D eigenvalue weighted by molar-refractivity contribution is 6.31. The molecule has 0 spiro atoms. The molecule has 0 aliphatic carbocycles. The number of halogens is 2. The Balaban J connectivity index is 2.33. The van der Waals surface area contributed by atoms with E-state index < -0.39 is 0 Å². The van der Waals surface area contributed by atoms with E-state index in [9.17, 15) is 4.39 Å². The summed E-state index contributed by atoms with van der Waals surface area (Å²) in [6.07, 6.45) is 1.65. The minimum atomic E-state index is -0.249. The smallest absolute Gasteiger partial charge is 0.123 e. The van der Waals surface area contributed by atoms with Gasteiger partial charge in [-0.05, 0) is 38.8 Å². The normalized spacial score (nSPS) is 12.9. The van der Waals surface area contributed by atoms with Crippen LogP contribution < -0.4 is 5.32 Å². The van der Waals surface area contributed by atoms with Crippen molar-refractivity contribution in [3.63, 3.8) is 0 Å². The number of hydrogen-bond donors (Lipinski definition) is 1. The van der Waals surface area contributed by atoms with Crippen LogP contribution in [0, 0.1) is 5.82 Å². The number of nitrogens with zero attached hydrogens (tertiary/aromatic N) is 3. The van der Waals surface area contributed by atoms with E-state index in [2.05, 4.69) is 15.3 Å². The number of aromatic nitrogens is 2. The van der Waals surface area contributed by atoms with Gasteiger partial charge in [0.2, 0.25) is 0 Å². The summed E-state index contributed by atoms with van der Waals surface area (Å²) in [6.45, 7) is 1.61. The highest BCUT2D eigenvalue weighted by atomic mass is 35.5. The van der Waals surface area contributed by atoms with Crippen molar-refractivity contribution in [3.05, 3.63) is 52.6 Å². The van der Waals surface area contributed by atoms with E-state index in [0.29, 0.717) is 5.02 Å². The average molecular weight is 311 g/mol. The summed E-state index contributed by atoms with van der Waals surface area (Å²) in [4.78, 5) is 2.09. The molecule has 1 unspecified atom stereocenters. The Labute approximate surface area is 129 Å². The van der Waals surface area contributed by atoms with E-state index in [4.69, 9.17) is 11.6 Å². The number of nitrogens with one attached hydrogen (secondary N) is 1. The Kier molecular flexibility index (Phi) is 5.33. The molecule has 2 aromatic rings. The number of rotatable bonds is 6. The van der Waals surface area contributed by atoms with E-state index in [0.717, 1.165) is 24.3 Å². The van der Waals surface area contributed by atoms with Gasteiger partial charge in [0.15, 0.2) is 0 Å². The van der Waals surface area contributed by atoms with Crippen molar-refractivity contribution in [2.75, 3.05) is 27.7 Å². The molecule has 0 saturated heterocycles. The highest BCUT2D eigenvalue weighted by Crippen LogP contribution is 2.28. The largest absolute Gasteiger partial charge is 0.308 e. The molecule has 4 nitrogen and oxygen atoms in total. The van der Waals surface area contributed by atoms with Gasteiger partial charge in [-0.25, -0.2) is 4.39 Å². The van der Waals surface area contributed by atoms with Gasteiger partial charge in [-0.3, -0.25) is 4.68 Å². The second-order valence-corrected chi connectivity index (χ2v) is 5.58. The first-order valence-electron chi connectivity index (χ1n) is 6.81. The van der Waals surface area contributed by atoms with Gasteiger partial charge < -0.3 is 10.2 Å². The second-order valence-electron chi connectivity index (χ2n) is 5.18. The third-order valence-electron chi connectivity index (χ3n) is 3.36. The number of hydrogen-bond acceptors (Lipinski definition) is 3. The summed E-state index contributed by atoms with van der Waals surface area (Å²) in [5, 5.41) is 8.18. The summed E-state index contributed by atoms with van der Waals surface area (Å²) < 4.78 is 15.0. The van der Waals surface area contributed by atoms with Crippen molar-refractivity contribution < 1.29 is 4.39 Å². The first kappa shape index (κ1) is 15.9. The van der Waals surface area contributed by atoms with Gasteiger partial charge in [-0.15, -0.1) is 0 Å². The van der Waals surface area contributed by atoms with E-state index in [1.807, 2.05) is 25.8 Å². The lowest BCUT2D eigenvalue weighted by molar-refractivity contribution is 0.366. The first-order chi connectivity index (χ1) is 10.0. The van der Waals surface area contributed by atoms with Crippen molar-refractivity contribution in [3.8, 4) is 0 Å². The molecule has 0 fully saturated rings. The Morgan fingerprint density at radius 2 is 2.00 bits per heavy atom. The number of likely N-dealkylation sites (N-methyl/N-ethyl adjacent to an activating group) is 1. The van der Waals surface area contributed by atoms with Gasteiger partial charge >= 0.3 is 0 Å². The molecule has 0 radical (unpaired) electrons. The van der Waals surface area contributed by atoms with E-state index >= 15 is 0 Å². The average Bonchev–Trinajstić information content (AvgIpc) is 2.81. The molecule has 1 heterocycles. The van der Waals surface area contributed by atoms with Crippen LogP contribution in [0.1, 0.15) is 17.3 Å². The maximum absolute atomic E-state index is 13.1. The minimum Gasteiger partial charge on any atom is -0.308 e. The summed E-state index contributed by atoms with van der Waals surface area (Å²) in [7, 11) is 5.88. The quantitative estimate of drug-likeness (QED) is 0.890. The molecule has 1 atom stereocenters. The molecule has 0 bridgehead atoms. The van der Waals surface area contributed by atoms with Crippen molar-refractivity contribution in [1.82, 2.24) is 20.0 Å². The predicted octanol–water partition coefficient (Wildman–Crippen LogP) is 2.55. The molecule has 0 aliphatic rings. The van der Waals surface area contributed by atoms with Crippen LogP contribution >= 0.6 is 11.6 Å². The Hall–Kier alpha value is -1.43. The molecule has 0 amide bonds. The molecule has 2 rings (SSSR count). The molecule has 21 heavy (non-hydrogen) atoms. The standard InChI is InChI=1S/C15H20ClFN4/c1-18-14(11-4-6-12(17)7-5-11)15-13(16)10-19-21(15)9-8-20(2)3/h4-7,10,14,18H,8-9H2,1-3H3. The maximum atomic E-state index is 13.1. The van der Waals surface area contributed by atoms with Crippen LogP contribution in [-0.4, -0.2) is 42.4 Å². The fourth-order valence-corrected chi connectivity index (χ4v) is 2.50. The molecule has 0 saturated carbocycles.